The predicted octanol–water partition coefficient (Wildman–Crippen LogP) is -0.572. The van der Waals surface area contributed by atoms with E-state index in [4.69, 9.17) is 0 Å². The van der Waals surface area contributed by atoms with Crippen LogP contribution >= 0.6 is 0 Å². The Hall–Kier alpha value is -1.10. The van der Waals surface area contributed by atoms with Crippen molar-refractivity contribution in [1.29, 1.82) is 0 Å². The lowest BCUT2D eigenvalue weighted by molar-refractivity contribution is -0.161. The molecule has 2 aliphatic heterocycles. The fourth-order valence-corrected chi connectivity index (χ4v) is 2.35. The Labute approximate surface area is 95.8 Å². The van der Waals surface area contributed by atoms with E-state index in [1.165, 1.54) is 0 Å². The van der Waals surface area contributed by atoms with E-state index in [-0.39, 0.29) is 23.9 Å². The quantitative estimate of drug-likeness (QED) is 0.640. The van der Waals surface area contributed by atoms with Gasteiger partial charge in [0.2, 0.25) is 0 Å². The molecule has 5 heteroatoms. The summed E-state index contributed by atoms with van der Waals surface area (Å²) in [5.74, 6) is -0.648. The Morgan fingerprint density at radius 1 is 1.44 bits per heavy atom. The van der Waals surface area contributed by atoms with E-state index in [1.54, 1.807) is 9.80 Å². The fraction of sp³-hybridized carbons (Fsp3) is 0.818. The van der Waals surface area contributed by atoms with Gasteiger partial charge in [-0.25, -0.2) is 0 Å². The Kier molecular flexibility index (Phi) is 3.14. The monoisotopic (exact) mass is 225 g/mol. The highest BCUT2D eigenvalue weighted by atomic mass is 16.2. The standard InChI is InChI=1S/C11H19N3O2/c1-3-8(2)14-7-9-6-12-4-5-13(9)10(15)11(14)16/h8-9,12H,3-7H2,1-2H3. The molecule has 0 aromatic carbocycles. The molecule has 90 valence electrons. The van der Waals surface area contributed by atoms with Gasteiger partial charge in [0.1, 0.15) is 0 Å². The Morgan fingerprint density at radius 2 is 2.19 bits per heavy atom. The Morgan fingerprint density at radius 3 is 2.88 bits per heavy atom. The van der Waals surface area contributed by atoms with Gasteiger partial charge in [-0.2, -0.15) is 0 Å². The molecule has 0 radical (unpaired) electrons. The zero-order valence-corrected chi connectivity index (χ0v) is 9.90. The molecule has 2 atom stereocenters. The number of fused-ring (bicyclic) bond motifs is 1. The van der Waals surface area contributed by atoms with Crippen LogP contribution in [-0.4, -0.2) is 59.9 Å². The molecule has 0 spiro atoms. The van der Waals surface area contributed by atoms with Crippen LogP contribution < -0.4 is 5.32 Å². The molecular weight excluding hydrogens is 206 g/mol. The minimum absolute atomic E-state index is 0.153. The molecule has 2 unspecified atom stereocenters. The van der Waals surface area contributed by atoms with Crippen molar-refractivity contribution in [2.24, 2.45) is 0 Å². The molecule has 1 N–H and O–H groups in total. The van der Waals surface area contributed by atoms with E-state index < -0.39 is 0 Å². The van der Waals surface area contributed by atoms with Crippen molar-refractivity contribution in [2.75, 3.05) is 26.2 Å². The zero-order chi connectivity index (χ0) is 11.7. The highest BCUT2D eigenvalue weighted by Crippen LogP contribution is 2.17. The molecule has 2 rings (SSSR count). The molecule has 2 saturated heterocycles. The minimum Gasteiger partial charge on any atom is -0.330 e. The van der Waals surface area contributed by atoms with Crippen LogP contribution in [0.25, 0.3) is 0 Å². The van der Waals surface area contributed by atoms with Crippen molar-refractivity contribution in [3.63, 3.8) is 0 Å². The number of hydrogen-bond acceptors (Lipinski definition) is 3. The first-order chi connectivity index (χ1) is 7.65. The van der Waals surface area contributed by atoms with Gasteiger partial charge in [0.15, 0.2) is 0 Å². The minimum atomic E-state index is -0.326. The number of carbonyl (C=O) groups excluding carboxylic acids is 2. The van der Waals surface area contributed by atoms with Crippen LogP contribution in [-0.2, 0) is 9.59 Å². The first-order valence-corrected chi connectivity index (χ1v) is 5.97. The Balaban J connectivity index is 2.14. The second-order valence-electron chi connectivity index (χ2n) is 4.57. The molecule has 2 heterocycles. The topological polar surface area (TPSA) is 52.6 Å². The third-order valence-electron chi connectivity index (χ3n) is 3.59. The average Bonchev–Trinajstić information content (AvgIpc) is 2.33. The summed E-state index contributed by atoms with van der Waals surface area (Å²) in [5, 5.41) is 3.26. The van der Waals surface area contributed by atoms with E-state index in [9.17, 15) is 9.59 Å². The molecule has 2 amide bonds. The lowest BCUT2D eigenvalue weighted by atomic mass is 10.1. The van der Waals surface area contributed by atoms with Gasteiger partial charge in [-0.1, -0.05) is 6.92 Å². The van der Waals surface area contributed by atoms with E-state index in [2.05, 4.69) is 5.32 Å². The second kappa shape index (κ2) is 4.41. The highest BCUT2D eigenvalue weighted by molar-refractivity contribution is 6.35. The normalized spacial score (nSPS) is 28.0. The van der Waals surface area contributed by atoms with E-state index >= 15 is 0 Å². The van der Waals surface area contributed by atoms with E-state index in [1.807, 2.05) is 13.8 Å². The summed E-state index contributed by atoms with van der Waals surface area (Å²) in [6.45, 7) is 6.95. The molecule has 2 fully saturated rings. The summed E-state index contributed by atoms with van der Waals surface area (Å²) in [6.07, 6.45) is 0.888. The maximum atomic E-state index is 11.9. The first kappa shape index (κ1) is 11.4. The van der Waals surface area contributed by atoms with Gasteiger partial charge in [0.25, 0.3) is 0 Å². The van der Waals surface area contributed by atoms with E-state index in [0.29, 0.717) is 13.1 Å². The van der Waals surface area contributed by atoms with Crippen molar-refractivity contribution in [3.8, 4) is 0 Å². The third-order valence-corrected chi connectivity index (χ3v) is 3.59. The molecule has 0 aromatic rings. The van der Waals surface area contributed by atoms with Crippen LogP contribution in [0.1, 0.15) is 20.3 Å². The maximum absolute atomic E-state index is 11.9. The lowest BCUT2D eigenvalue weighted by Gasteiger charge is -2.45. The third kappa shape index (κ3) is 1.80. The number of piperazine rings is 2. The van der Waals surface area contributed by atoms with Gasteiger partial charge in [-0.3, -0.25) is 9.59 Å². The van der Waals surface area contributed by atoms with Gasteiger partial charge in [-0.15, -0.1) is 0 Å². The van der Waals surface area contributed by atoms with Crippen molar-refractivity contribution >= 4 is 11.8 Å². The van der Waals surface area contributed by atoms with Crippen LogP contribution in [0.15, 0.2) is 0 Å². The van der Waals surface area contributed by atoms with Crippen LogP contribution in [0.4, 0.5) is 0 Å². The van der Waals surface area contributed by atoms with Crippen LogP contribution in [0.2, 0.25) is 0 Å². The smallest absolute Gasteiger partial charge is 0.312 e. The molecular formula is C11H19N3O2. The summed E-state index contributed by atoms with van der Waals surface area (Å²) >= 11 is 0. The number of rotatable bonds is 2. The second-order valence-corrected chi connectivity index (χ2v) is 4.57. The Bertz CT molecular complexity index is 300. The number of nitrogens with zero attached hydrogens (tertiary/aromatic N) is 2. The van der Waals surface area contributed by atoms with Gasteiger partial charge in [0.05, 0.1) is 6.04 Å². The average molecular weight is 225 g/mol. The summed E-state index contributed by atoms with van der Waals surface area (Å²) in [5.41, 5.74) is 0. The van der Waals surface area contributed by atoms with Crippen molar-refractivity contribution in [2.45, 2.75) is 32.4 Å². The van der Waals surface area contributed by atoms with Crippen LogP contribution in [0.5, 0.6) is 0 Å². The number of hydrogen-bond donors (Lipinski definition) is 1. The molecule has 0 saturated carbocycles. The van der Waals surface area contributed by atoms with E-state index in [0.717, 1.165) is 19.5 Å². The first-order valence-electron chi connectivity index (χ1n) is 5.97. The number of nitrogens with one attached hydrogen (secondary N) is 1. The molecule has 2 aliphatic rings. The summed E-state index contributed by atoms with van der Waals surface area (Å²) < 4.78 is 0. The largest absolute Gasteiger partial charge is 0.330 e. The molecule has 16 heavy (non-hydrogen) atoms. The number of carbonyl (C=O) groups is 2. The SMILES string of the molecule is CCC(C)N1CC2CNCCN2C(=O)C1=O. The van der Waals surface area contributed by atoms with Crippen molar-refractivity contribution < 1.29 is 9.59 Å². The number of amides is 2. The summed E-state index contributed by atoms with van der Waals surface area (Å²) in [7, 11) is 0. The van der Waals surface area contributed by atoms with Gasteiger partial charge < -0.3 is 15.1 Å². The molecule has 0 aromatic heterocycles. The van der Waals surface area contributed by atoms with Gasteiger partial charge in [0, 0.05) is 32.2 Å². The summed E-state index contributed by atoms with van der Waals surface area (Å²) in [6, 6.07) is 0.313. The van der Waals surface area contributed by atoms with Gasteiger partial charge in [-0.05, 0) is 13.3 Å². The van der Waals surface area contributed by atoms with Crippen LogP contribution in [0, 0.1) is 0 Å². The lowest BCUT2D eigenvalue weighted by Crippen LogP contribution is -2.66. The molecule has 0 bridgehead atoms. The molecule has 0 aliphatic carbocycles. The van der Waals surface area contributed by atoms with Crippen molar-refractivity contribution in [3.05, 3.63) is 0 Å². The summed E-state index contributed by atoms with van der Waals surface area (Å²) in [4.78, 5) is 27.2. The van der Waals surface area contributed by atoms with Crippen LogP contribution in [0.3, 0.4) is 0 Å². The molecule has 5 nitrogen and oxygen atoms in total. The predicted molar refractivity (Wildman–Crippen MR) is 59.8 cm³/mol. The van der Waals surface area contributed by atoms with Crippen molar-refractivity contribution in [1.82, 2.24) is 15.1 Å². The van der Waals surface area contributed by atoms with Gasteiger partial charge >= 0.3 is 11.8 Å². The maximum Gasteiger partial charge on any atom is 0.312 e. The zero-order valence-electron chi connectivity index (χ0n) is 9.90. The fourth-order valence-electron chi connectivity index (χ4n) is 2.35. The highest BCUT2D eigenvalue weighted by Gasteiger charge is 2.41.